The van der Waals surface area contributed by atoms with Crippen LogP contribution in [0, 0.1) is 0 Å². The van der Waals surface area contributed by atoms with Crippen LogP contribution in [-0.2, 0) is 9.47 Å². The van der Waals surface area contributed by atoms with Crippen LogP contribution in [0.1, 0.15) is 13.8 Å². The van der Waals surface area contributed by atoms with Crippen molar-refractivity contribution in [3.8, 4) is 5.75 Å². The summed E-state index contributed by atoms with van der Waals surface area (Å²) in [5.74, 6) is 1.42. The third-order valence-corrected chi connectivity index (χ3v) is 2.10. The maximum atomic E-state index is 5.64. The molecule has 5 nitrogen and oxygen atoms in total. The highest BCUT2D eigenvalue weighted by molar-refractivity contribution is 5.49. The molecule has 0 aliphatic carbocycles. The molecule has 0 aliphatic heterocycles. The largest absolute Gasteiger partial charge is 0.487 e. The number of anilines is 1. The van der Waals surface area contributed by atoms with Crippen LogP contribution in [0.4, 0.5) is 5.82 Å². The summed E-state index contributed by atoms with van der Waals surface area (Å²) in [7, 11) is 3.19. The lowest BCUT2D eigenvalue weighted by molar-refractivity contribution is -0.0914. The van der Waals surface area contributed by atoms with Crippen LogP contribution >= 0.6 is 0 Å². The molecule has 1 aromatic heterocycles. The van der Waals surface area contributed by atoms with E-state index in [1.54, 1.807) is 20.4 Å². The number of methoxy groups -OCH3 is 2. The van der Waals surface area contributed by atoms with Crippen molar-refractivity contribution < 1.29 is 14.2 Å². The predicted octanol–water partition coefficient (Wildman–Crippen LogP) is 1.90. The Bertz CT molecular complexity index is 327. The molecular weight excluding hydrogens is 220 g/mol. The SMILES string of the molecule is COC(CNc1ncccc1OC(C)C)OC. The number of rotatable bonds is 7. The van der Waals surface area contributed by atoms with E-state index in [1.165, 1.54) is 0 Å². The van der Waals surface area contributed by atoms with Crippen LogP contribution in [0.5, 0.6) is 5.75 Å². The lowest BCUT2D eigenvalue weighted by Crippen LogP contribution is -2.24. The summed E-state index contributed by atoms with van der Waals surface area (Å²) in [5.41, 5.74) is 0. The number of hydrogen-bond donors (Lipinski definition) is 1. The Morgan fingerprint density at radius 3 is 2.59 bits per heavy atom. The smallest absolute Gasteiger partial charge is 0.173 e. The zero-order chi connectivity index (χ0) is 12.7. The second-order valence-corrected chi connectivity index (χ2v) is 3.80. The van der Waals surface area contributed by atoms with Crippen molar-refractivity contribution in [1.82, 2.24) is 4.98 Å². The minimum atomic E-state index is -0.302. The van der Waals surface area contributed by atoms with Gasteiger partial charge in [-0.05, 0) is 26.0 Å². The fourth-order valence-electron chi connectivity index (χ4n) is 1.32. The molecule has 0 bridgehead atoms. The summed E-state index contributed by atoms with van der Waals surface area (Å²) in [6.45, 7) is 4.46. The van der Waals surface area contributed by atoms with Crippen molar-refractivity contribution in [3.05, 3.63) is 18.3 Å². The standard InChI is InChI=1S/C12H20N2O3/c1-9(2)17-10-6-5-7-13-12(10)14-8-11(15-3)16-4/h5-7,9,11H,8H2,1-4H3,(H,13,14). The summed E-state index contributed by atoms with van der Waals surface area (Å²) in [6.07, 6.45) is 1.52. The highest BCUT2D eigenvalue weighted by Crippen LogP contribution is 2.21. The summed E-state index contributed by atoms with van der Waals surface area (Å²) >= 11 is 0. The van der Waals surface area contributed by atoms with Gasteiger partial charge in [0.1, 0.15) is 0 Å². The normalized spacial score (nSPS) is 10.9. The molecule has 0 unspecified atom stereocenters. The average Bonchev–Trinajstić information content (AvgIpc) is 2.31. The van der Waals surface area contributed by atoms with E-state index >= 15 is 0 Å². The van der Waals surface area contributed by atoms with Gasteiger partial charge < -0.3 is 19.5 Å². The molecule has 1 heterocycles. The molecule has 0 spiro atoms. The van der Waals surface area contributed by atoms with Crippen molar-refractivity contribution in [2.45, 2.75) is 26.2 Å². The molecule has 5 heteroatoms. The van der Waals surface area contributed by atoms with Gasteiger partial charge in [0.15, 0.2) is 17.9 Å². The molecule has 0 aromatic carbocycles. The van der Waals surface area contributed by atoms with Crippen LogP contribution in [-0.4, -0.2) is 38.1 Å². The number of pyridine rings is 1. The molecule has 1 aromatic rings. The molecule has 0 saturated heterocycles. The van der Waals surface area contributed by atoms with Crippen LogP contribution in [0.3, 0.4) is 0 Å². The fourth-order valence-corrected chi connectivity index (χ4v) is 1.32. The van der Waals surface area contributed by atoms with Gasteiger partial charge in [0.25, 0.3) is 0 Å². The third kappa shape index (κ3) is 4.58. The second-order valence-electron chi connectivity index (χ2n) is 3.80. The topological polar surface area (TPSA) is 52.6 Å². The molecule has 0 atom stereocenters. The van der Waals surface area contributed by atoms with E-state index in [1.807, 2.05) is 26.0 Å². The van der Waals surface area contributed by atoms with E-state index in [0.717, 1.165) is 5.75 Å². The summed E-state index contributed by atoms with van der Waals surface area (Å²) in [5, 5.41) is 3.13. The Hall–Kier alpha value is -1.33. The first kappa shape index (κ1) is 13.7. The van der Waals surface area contributed by atoms with Gasteiger partial charge in [0.05, 0.1) is 12.6 Å². The van der Waals surface area contributed by atoms with Crippen LogP contribution < -0.4 is 10.1 Å². The Balaban J connectivity index is 2.63. The molecule has 0 radical (unpaired) electrons. The van der Waals surface area contributed by atoms with Gasteiger partial charge in [-0.3, -0.25) is 0 Å². The van der Waals surface area contributed by atoms with Crippen molar-refractivity contribution in [2.75, 3.05) is 26.1 Å². The molecule has 17 heavy (non-hydrogen) atoms. The van der Waals surface area contributed by atoms with E-state index < -0.39 is 0 Å². The second kappa shape index (κ2) is 7.09. The van der Waals surface area contributed by atoms with Crippen LogP contribution in [0.2, 0.25) is 0 Å². The Labute approximate surface area is 102 Å². The van der Waals surface area contributed by atoms with E-state index in [9.17, 15) is 0 Å². The fraction of sp³-hybridized carbons (Fsp3) is 0.583. The van der Waals surface area contributed by atoms with Gasteiger partial charge in [-0.2, -0.15) is 0 Å². The highest BCUT2D eigenvalue weighted by atomic mass is 16.7. The maximum absolute atomic E-state index is 5.64. The third-order valence-electron chi connectivity index (χ3n) is 2.10. The first-order valence-corrected chi connectivity index (χ1v) is 5.58. The number of ether oxygens (including phenoxy) is 3. The van der Waals surface area contributed by atoms with Crippen molar-refractivity contribution in [3.63, 3.8) is 0 Å². The lowest BCUT2D eigenvalue weighted by Gasteiger charge is -2.17. The van der Waals surface area contributed by atoms with Gasteiger partial charge in [-0.15, -0.1) is 0 Å². The maximum Gasteiger partial charge on any atom is 0.173 e. The number of nitrogens with one attached hydrogen (secondary N) is 1. The average molecular weight is 240 g/mol. The van der Waals surface area contributed by atoms with Gasteiger partial charge in [-0.25, -0.2) is 4.98 Å². The lowest BCUT2D eigenvalue weighted by atomic mass is 10.4. The van der Waals surface area contributed by atoms with E-state index in [0.29, 0.717) is 12.4 Å². The Kier molecular flexibility index (Phi) is 5.72. The predicted molar refractivity (Wildman–Crippen MR) is 66.3 cm³/mol. The first-order chi connectivity index (χ1) is 8.17. The minimum Gasteiger partial charge on any atom is -0.487 e. The van der Waals surface area contributed by atoms with Crippen molar-refractivity contribution in [2.24, 2.45) is 0 Å². The van der Waals surface area contributed by atoms with E-state index in [2.05, 4.69) is 10.3 Å². The summed E-state index contributed by atoms with van der Waals surface area (Å²) < 4.78 is 15.8. The zero-order valence-electron chi connectivity index (χ0n) is 10.8. The van der Waals surface area contributed by atoms with Gasteiger partial charge >= 0.3 is 0 Å². The molecule has 0 amide bonds. The number of nitrogens with zero attached hydrogens (tertiary/aromatic N) is 1. The summed E-state index contributed by atoms with van der Waals surface area (Å²) in [6, 6.07) is 3.72. The molecule has 0 aliphatic rings. The number of hydrogen-bond acceptors (Lipinski definition) is 5. The monoisotopic (exact) mass is 240 g/mol. The molecule has 0 fully saturated rings. The van der Waals surface area contributed by atoms with Gasteiger partial charge in [0, 0.05) is 20.4 Å². The van der Waals surface area contributed by atoms with E-state index in [-0.39, 0.29) is 12.4 Å². The van der Waals surface area contributed by atoms with Crippen LogP contribution in [0.25, 0.3) is 0 Å². The number of aromatic nitrogens is 1. The van der Waals surface area contributed by atoms with E-state index in [4.69, 9.17) is 14.2 Å². The van der Waals surface area contributed by atoms with Gasteiger partial charge in [-0.1, -0.05) is 0 Å². The summed E-state index contributed by atoms with van der Waals surface area (Å²) in [4.78, 5) is 4.23. The molecular formula is C12H20N2O3. The van der Waals surface area contributed by atoms with Crippen molar-refractivity contribution >= 4 is 5.82 Å². The molecule has 1 N–H and O–H groups in total. The zero-order valence-corrected chi connectivity index (χ0v) is 10.8. The molecule has 96 valence electrons. The molecule has 1 rings (SSSR count). The van der Waals surface area contributed by atoms with Crippen LogP contribution in [0.15, 0.2) is 18.3 Å². The minimum absolute atomic E-state index is 0.111. The highest BCUT2D eigenvalue weighted by Gasteiger charge is 2.09. The Morgan fingerprint density at radius 1 is 1.29 bits per heavy atom. The van der Waals surface area contributed by atoms with Gasteiger partial charge in [0.2, 0.25) is 0 Å². The Morgan fingerprint density at radius 2 is 2.00 bits per heavy atom. The van der Waals surface area contributed by atoms with Crippen molar-refractivity contribution in [1.29, 1.82) is 0 Å². The quantitative estimate of drug-likeness (QED) is 0.738. The molecule has 0 saturated carbocycles. The first-order valence-electron chi connectivity index (χ1n) is 5.58.